The number of carbonyl (C=O) groups excluding carboxylic acids is 1. The van der Waals surface area contributed by atoms with E-state index in [2.05, 4.69) is 10.1 Å². The summed E-state index contributed by atoms with van der Waals surface area (Å²) in [7, 11) is 1.52. The second-order valence-electron chi connectivity index (χ2n) is 6.09. The molecule has 0 fully saturated rings. The molecule has 0 unspecified atom stereocenters. The number of nitrogens with zero attached hydrogens (tertiary/aromatic N) is 4. The Morgan fingerprint density at radius 2 is 2.27 bits per heavy atom. The summed E-state index contributed by atoms with van der Waals surface area (Å²) >= 11 is 1.41. The van der Waals surface area contributed by atoms with Gasteiger partial charge in [0.25, 0.3) is 11.4 Å². The normalized spacial score (nSPS) is 14.3. The van der Waals surface area contributed by atoms with Crippen molar-refractivity contribution in [3.63, 3.8) is 0 Å². The lowest BCUT2D eigenvalue weighted by molar-refractivity contribution is -0.131. The molecule has 3 aromatic rings. The van der Waals surface area contributed by atoms with Crippen LogP contribution in [0.1, 0.15) is 18.0 Å². The van der Waals surface area contributed by atoms with Crippen molar-refractivity contribution in [1.82, 2.24) is 19.6 Å². The minimum Gasteiger partial charge on any atom is -0.479 e. The summed E-state index contributed by atoms with van der Waals surface area (Å²) in [6.45, 7) is 1.53. The SMILES string of the molecule is COc1cc(CCC(=O)N2CCc3nc4ccsc4c(=O)n3CC2)on1. The first-order valence-electron chi connectivity index (χ1n) is 8.40. The lowest BCUT2D eigenvalue weighted by Crippen LogP contribution is -2.34. The van der Waals surface area contributed by atoms with Gasteiger partial charge in [-0.25, -0.2) is 4.98 Å². The third kappa shape index (κ3) is 3.10. The molecular formula is C17H18N4O4S. The summed E-state index contributed by atoms with van der Waals surface area (Å²) in [6, 6.07) is 3.55. The molecule has 3 aromatic heterocycles. The molecule has 1 aliphatic rings. The van der Waals surface area contributed by atoms with Crippen LogP contribution in [-0.4, -0.2) is 45.7 Å². The molecule has 26 heavy (non-hydrogen) atoms. The molecule has 0 saturated carbocycles. The first-order chi connectivity index (χ1) is 12.7. The standard InChI is InChI=1S/C17H18N4O4S/c1-24-14-10-11(25-19-14)2-3-15(22)20-6-4-13-18-12-5-9-26-16(12)17(23)21(13)8-7-20/h5,9-10H,2-4,6-8H2,1H3. The molecule has 0 aromatic carbocycles. The average molecular weight is 374 g/mol. The van der Waals surface area contributed by atoms with Gasteiger partial charge in [0.05, 0.1) is 12.6 Å². The van der Waals surface area contributed by atoms with Gasteiger partial charge in [0.15, 0.2) is 0 Å². The van der Waals surface area contributed by atoms with Gasteiger partial charge in [-0.05, 0) is 16.6 Å². The van der Waals surface area contributed by atoms with Crippen LogP contribution >= 0.6 is 11.3 Å². The quantitative estimate of drug-likeness (QED) is 0.687. The van der Waals surface area contributed by atoms with Crippen LogP contribution in [0.25, 0.3) is 10.2 Å². The summed E-state index contributed by atoms with van der Waals surface area (Å²) in [5, 5.41) is 5.61. The third-order valence-electron chi connectivity index (χ3n) is 4.53. The van der Waals surface area contributed by atoms with Gasteiger partial charge in [0.2, 0.25) is 5.91 Å². The van der Waals surface area contributed by atoms with E-state index >= 15 is 0 Å². The predicted octanol–water partition coefficient (Wildman–Crippen LogP) is 1.47. The zero-order valence-electron chi connectivity index (χ0n) is 14.3. The van der Waals surface area contributed by atoms with Gasteiger partial charge in [0, 0.05) is 45.0 Å². The van der Waals surface area contributed by atoms with Crippen molar-refractivity contribution in [3.8, 4) is 5.88 Å². The Hall–Kier alpha value is -2.68. The molecule has 0 N–H and O–H groups in total. The number of methoxy groups -OCH3 is 1. The topological polar surface area (TPSA) is 90.5 Å². The van der Waals surface area contributed by atoms with Crippen molar-refractivity contribution in [2.75, 3.05) is 20.2 Å². The fourth-order valence-electron chi connectivity index (χ4n) is 3.12. The molecule has 4 heterocycles. The molecule has 1 amide bonds. The molecule has 8 nitrogen and oxygen atoms in total. The molecule has 0 aliphatic carbocycles. The van der Waals surface area contributed by atoms with Gasteiger partial charge in [-0.2, -0.15) is 0 Å². The first-order valence-corrected chi connectivity index (χ1v) is 9.28. The highest BCUT2D eigenvalue weighted by Gasteiger charge is 2.21. The number of amides is 1. The zero-order valence-corrected chi connectivity index (χ0v) is 15.1. The smallest absolute Gasteiger partial charge is 0.271 e. The monoisotopic (exact) mass is 374 g/mol. The van der Waals surface area contributed by atoms with Gasteiger partial charge in [-0.1, -0.05) is 0 Å². The van der Waals surface area contributed by atoms with E-state index in [4.69, 9.17) is 9.26 Å². The highest BCUT2D eigenvalue weighted by molar-refractivity contribution is 7.17. The maximum Gasteiger partial charge on any atom is 0.271 e. The van der Waals surface area contributed by atoms with Crippen molar-refractivity contribution in [3.05, 3.63) is 39.5 Å². The Morgan fingerprint density at radius 3 is 3.08 bits per heavy atom. The molecule has 4 rings (SSSR count). The minimum absolute atomic E-state index is 0.0111. The summed E-state index contributed by atoms with van der Waals surface area (Å²) in [6.07, 6.45) is 1.36. The summed E-state index contributed by atoms with van der Waals surface area (Å²) < 4.78 is 12.5. The van der Waals surface area contributed by atoms with E-state index in [1.165, 1.54) is 18.4 Å². The number of hydrogen-bond donors (Lipinski definition) is 0. The van der Waals surface area contributed by atoms with Gasteiger partial charge in [0.1, 0.15) is 16.3 Å². The predicted molar refractivity (Wildman–Crippen MR) is 95.5 cm³/mol. The average Bonchev–Trinajstić information content (AvgIpc) is 3.25. The number of hydrogen-bond acceptors (Lipinski definition) is 7. The highest BCUT2D eigenvalue weighted by atomic mass is 32.1. The zero-order chi connectivity index (χ0) is 18.1. The van der Waals surface area contributed by atoms with Gasteiger partial charge < -0.3 is 14.2 Å². The Labute approximate surface area is 153 Å². The molecule has 9 heteroatoms. The second-order valence-corrected chi connectivity index (χ2v) is 7.00. The maximum atomic E-state index is 12.6. The molecule has 0 bridgehead atoms. The van der Waals surface area contributed by atoms with Crippen molar-refractivity contribution in [2.45, 2.75) is 25.8 Å². The largest absolute Gasteiger partial charge is 0.479 e. The molecule has 1 aliphatic heterocycles. The van der Waals surface area contributed by atoms with E-state index in [9.17, 15) is 9.59 Å². The van der Waals surface area contributed by atoms with Crippen LogP contribution in [0, 0.1) is 0 Å². The second kappa shape index (κ2) is 6.91. The number of aromatic nitrogens is 3. The number of carbonyl (C=O) groups is 1. The summed E-state index contributed by atoms with van der Waals surface area (Å²) in [5.41, 5.74) is 0.730. The van der Waals surface area contributed by atoms with Crippen LogP contribution in [0.5, 0.6) is 5.88 Å². The van der Waals surface area contributed by atoms with Crippen LogP contribution in [0.3, 0.4) is 0 Å². The van der Waals surface area contributed by atoms with Crippen LogP contribution in [-0.2, 0) is 24.2 Å². The van der Waals surface area contributed by atoms with Crippen molar-refractivity contribution < 1.29 is 14.1 Å². The van der Waals surface area contributed by atoms with Crippen molar-refractivity contribution >= 4 is 27.5 Å². The lowest BCUT2D eigenvalue weighted by atomic mass is 10.2. The summed E-state index contributed by atoms with van der Waals surface area (Å²) in [4.78, 5) is 31.5. The fraction of sp³-hybridized carbons (Fsp3) is 0.412. The third-order valence-corrected chi connectivity index (χ3v) is 5.42. The number of aryl methyl sites for hydroxylation is 1. The van der Waals surface area contributed by atoms with Gasteiger partial charge >= 0.3 is 0 Å². The molecule has 0 saturated heterocycles. The van der Waals surface area contributed by atoms with Crippen molar-refractivity contribution in [1.29, 1.82) is 0 Å². The Kier molecular flexibility index (Phi) is 4.46. The first kappa shape index (κ1) is 16.8. The molecule has 0 atom stereocenters. The van der Waals surface area contributed by atoms with Crippen molar-refractivity contribution in [2.24, 2.45) is 0 Å². The fourth-order valence-corrected chi connectivity index (χ4v) is 3.90. The summed E-state index contributed by atoms with van der Waals surface area (Å²) in [5.74, 6) is 1.80. The van der Waals surface area contributed by atoms with Crippen LogP contribution < -0.4 is 10.3 Å². The molecular weight excluding hydrogens is 356 g/mol. The maximum absolute atomic E-state index is 12.6. The van der Waals surface area contributed by atoms with E-state index in [1.807, 2.05) is 11.4 Å². The molecule has 136 valence electrons. The van der Waals surface area contributed by atoms with Gasteiger partial charge in [-0.3, -0.25) is 14.2 Å². The van der Waals surface area contributed by atoms with Gasteiger partial charge in [-0.15, -0.1) is 11.3 Å². The van der Waals surface area contributed by atoms with E-state index in [0.717, 1.165) is 11.3 Å². The van der Waals surface area contributed by atoms with Crippen LogP contribution in [0.15, 0.2) is 26.8 Å². The number of rotatable bonds is 4. The van der Waals surface area contributed by atoms with E-state index < -0.39 is 0 Å². The molecule has 0 radical (unpaired) electrons. The Balaban J connectivity index is 1.44. The van der Waals surface area contributed by atoms with Crippen LogP contribution in [0.4, 0.5) is 0 Å². The minimum atomic E-state index is -0.0111. The lowest BCUT2D eigenvalue weighted by Gasteiger charge is -2.19. The van der Waals surface area contributed by atoms with E-state index in [1.54, 1.807) is 15.5 Å². The Bertz CT molecular complexity index is 1010. The number of ether oxygens (including phenoxy) is 1. The number of thiophene rings is 1. The molecule has 0 spiro atoms. The van der Waals surface area contributed by atoms with E-state index in [0.29, 0.717) is 55.2 Å². The van der Waals surface area contributed by atoms with E-state index in [-0.39, 0.29) is 11.5 Å². The highest BCUT2D eigenvalue weighted by Crippen LogP contribution is 2.17. The number of fused-ring (bicyclic) bond motifs is 2. The van der Waals surface area contributed by atoms with Crippen LogP contribution in [0.2, 0.25) is 0 Å². The Morgan fingerprint density at radius 1 is 1.38 bits per heavy atom.